The number of hydrogen-bond acceptors (Lipinski definition) is 5. The summed E-state index contributed by atoms with van der Waals surface area (Å²) in [6.45, 7) is 5.09. The first-order chi connectivity index (χ1) is 11.4. The van der Waals surface area contributed by atoms with E-state index in [2.05, 4.69) is 0 Å². The second-order valence-electron chi connectivity index (χ2n) is 6.05. The highest BCUT2D eigenvalue weighted by Gasteiger charge is 2.42. The molecule has 0 aromatic heterocycles. The zero-order valence-electron chi connectivity index (χ0n) is 13.4. The lowest BCUT2D eigenvalue weighted by molar-refractivity contribution is -0.123. The standard InChI is InChI=1S/C16H18ClFN2O4/c1-9(2)24-16(22)10-5-13(12(18)6-11(10)17)20-8-19-3-4-23-7-14(19)15(20)21/h5-6,9,14H,3-4,7-8H2,1-2H3. The summed E-state index contributed by atoms with van der Waals surface area (Å²) >= 11 is 5.97. The predicted molar refractivity (Wildman–Crippen MR) is 85.6 cm³/mol. The summed E-state index contributed by atoms with van der Waals surface area (Å²) in [6.07, 6.45) is -0.332. The van der Waals surface area contributed by atoms with Crippen LogP contribution in [0.3, 0.4) is 0 Å². The fourth-order valence-electron chi connectivity index (χ4n) is 2.84. The Kier molecular flexibility index (Phi) is 4.76. The van der Waals surface area contributed by atoms with E-state index in [1.807, 2.05) is 4.90 Å². The summed E-state index contributed by atoms with van der Waals surface area (Å²) in [5.41, 5.74) is 0.0604. The maximum Gasteiger partial charge on any atom is 0.339 e. The lowest BCUT2D eigenvalue weighted by atomic mass is 10.1. The molecule has 1 atom stereocenters. The van der Waals surface area contributed by atoms with E-state index < -0.39 is 17.8 Å². The molecule has 0 N–H and O–H groups in total. The Morgan fingerprint density at radius 3 is 2.88 bits per heavy atom. The van der Waals surface area contributed by atoms with Crippen LogP contribution in [-0.4, -0.2) is 55.3 Å². The number of esters is 1. The Morgan fingerprint density at radius 2 is 2.21 bits per heavy atom. The maximum absolute atomic E-state index is 14.4. The van der Waals surface area contributed by atoms with Crippen LogP contribution in [-0.2, 0) is 14.3 Å². The highest BCUT2D eigenvalue weighted by molar-refractivity contribution is 6.33. The maximum atomic E-state index is 14.4. The molecule has 24 heavy (non-hydrogen) atoms. The smallest absolute Gasteiger partial charge is 0.339 e. The van der Waals surface area contributed by atoms with E-state index >= 15 is 0 Å². The fraction of sp³-hybridized carbons (Fsp3) is 0.500. The Hall–Kier alpha value is -1.70. The number of ether oxygens (including phenoxy) is 2. The van der Waals surface area contributed by atoms with Crippen LogP contribution in [0.25, 0.3) is 0 Å². The number of carbonyl (C=O) groups is 2. The van der Waals surface area contributed by atoms with Crippen LogP contribution < -0.4 is 4.90 Å². The van der Waals surface area contributed by atoms with E-state index in [0.29, 0.717) is 13.2 Å². The van der Waals surface area contributed by atoms with Crippen LogP contribution in [0, 0.1) is 5.82 Å². The first kappa shape index (κ1) is 17.1. The van der Waals surface area contributed by atoms with Crippen molar-refractivity contribution in [1.82, 2.24) is 4.90 Å². The monoisotopic (exact) mass is 356 g/mol. The van der Waals surface area contributed by atoms with Crippen molar-refractivity contribution < 1.29 is 23.5 Å². The third-order valence-corrected chi connectivity index (χ3v) is 4.32. The molecule has 0 bridgehead atoms. The number of morpholine rings is 1. The Morgan fingerprint density at radius 1 is 1.46 bits per heavy atom. The number of rotatable bonds is 3. The molecule has 0 aliphatic carbocycles. The summed E-state index contributed by atoms with van der Waals surface area (Å²) in [6, 6.07) is 1.90. The first-order valence-corrected chi connectivity index (χ1v) is 8.09. The molecular weight excluding hydrogens is 339 g/mol. The van der Waals surface area contributed by atoms with Gasteiger partial charge in [-0.05, 0) is 26.0 Å². The number of nitrogens with zero attached hydrogens (tertiary/aromatic N) is 2. The van der Waals surface area contributed by atoms with Gasteiger partial charge in [0.1, 0.15) is 11.9 Å². The van der Waals surface area contributed by atoms with Gasteiger partial charge in [-0.25, -0.2) is 9.18 Å². The number of benzene rings is 1. The van der Waals surface area contributed by atoms with Gasteiger partial charge in [-0.3, -0.25) is 14.6 Å². The number of hydrogen-bond donors (Lipinski definition) is 0. The van der Waals surface area contributed by atoms with Crippen LogP contribution in [0.1, 0.15) is 24.2 Å². The van der Waals surface area contributed by atoms with Crippen molar-refractivity contribution >= 4 is 29.2 Å². The molecule has 8 heteroatoms. The third-order valence-electron chi connectivity index (χ3n) is 4.00. The van der Waals surface area contributed by atoms with Crippen molar-refractivity contribution in [2.45, 2.75) is 26.0 Å². The molecule has 0 radical (unpaired) electrons. The minimum atomic E-state index is -0.657. The van der Waals surface area contributed by atoms with Crippen LogP contribution in [0.2, 0.25) is 5.02 Å². The van der Waals surface area contributed by atoms with E-state index in [0.717, 1.165) is 6.07 Å². The molecule has 1 aromatic carbocycles. The minimum absolute atomic E-state index is 0.0227. The average Bonchev–Trinajstić information content (AvgIpc) is 2.84. The molecular formula is C16H18ClFN2O4. The lowest BCUT2D eigenvalue weighted by Gasteiger charge is -2.26. The average molecular weight is 357 g/mol. The van der Waals surface area contributed by atoms with Crippen LogP contribution in [0.5, 0.6) is 0 Å². The second kappa shape index (κ2) is 6.66. The van der Waals surface area contributed by atoms with Gasteiger partial charge < -0.3 is 9.47 Å². The minimum Gasteiger partial charge on any atom is -0.459 e. The molecule has 1 amide bonds. The van der Waals surface area contributed by atoms with Gasteiger partial charge in [0.05, 0.1) is 42.3 Å². The van der Waals surface area contributed by atoms with Crippen LogP contribution >= 0.6 is 11.6 Å². The Bertz CT molecular complexity index is 682. The highest BCUT2D eigenvalue weighted by Crippen LogP contribution is 2.31. The zero-order valence-corrected chi connectivity index (χ0v) is 14.2. The summed E-state index contributed by atoms with van der Waals surface area (Å²) < 4.78 is 24.8. The van der Waals surface area contributed by atoms with Crippen molar-refractivity contribution in [3.8, 4) is 0 Å². The van der Waals surface area contributed by atoms with Crippen molar-refractivity contribution in [3.63, 3.8) is 0 Å². The van der Waals surface area contributed by atoms with Gasteiger partial charge in [0, 0.05) is 6.54 Å². The molecule has 3 rings (SSSR count). The van der Waals surface area contributed by atoms with Crippen LogP contribution in [0.15, 0.2) is 12.1 Å². The Balaban J connectivity index is 1.93. The van der Waals surface area contributed by atoms with E-state index in [-0.39, 0.29) is 41.6 Å². The molecule has 2 heterocycles. The van der Waals surface area contributed by atoms with Crippen LogP contribution in [0.4, 0.5) is 10.1 Å². The van der Waals surface area contributed by atoms with Crippen molar-refractivity contribution in [3.05, 3.63) is 28.5 Å². The van der Waals surface area contributed by atoms with Gasteiger partial charge in [-0.1, -0.05) is 11.6 Å². The van der Waals surface area contributed by atoms with E-state index in [4.69, 9.17) is 21.1 Å². The number of carbonyl (C=O) groups excluding carboxylic acids is 2. The lowest BCUT2D eigenvalue weighted by Crippen LogP contribution is -2.43. The molecule has 2 aliphatic rings. The normalized spacial score (nSPS) is 21.3. The molecule has 2 aliphatic heterocycles. The van der Waals surface area contributed by atoms with E-state index in [1.54, 1.807) is 13.8 Å². The van der Waals surface area contributed by atoms with Gasteiger partial charge in [-0.15, -0.1) is 0 Å². The molecule has 6 nitrogen and oxygen atoms in total. The third kappa shape index (κ3) is 3.11. The SMILES string of the molecule is CC(C)OC(=O)c1cc(N2CN3CCOCC3C2=O)c(F)cc1Cl. The largest absolute Gasteiger partial charge is 0.459 e. The van der Waals surface area contributed by atoms with Crippen molar-refractivity contribution in [2.75, 3.05) is 31.3 Å². The predicted octanol–water partition coefficient (Wildman–Crippen LogP) is 2.05. The zero-order chi connectivity index (χ0) is 17.4. The van der Waals surface area contributed by atoms with E-state index in [9.17, 15) is 14.0 Å². The van der Waals surface area contributed by atoms with Gasteiger partial charge in [0.25, 0.3) is 0 Å². The first-order valence-electron chi connectivity index (χ1n) is 7.71. The van der Waals surface area contributed by atoms with E-state index in [1.165, 1.54) is 11.0 Å². The number of amides is 1. The number of fused-ring (bicyclic) bond motifs is 1. The molecule has 1 aromatic rings. The summed E-state index contributed by atoms with van der Waals surface area (Å²) in [4.78, 5) is 27.9. The molecule has 0 spiro atoms. The van der Waals surface area contributed by atoms with Gasteiger partial charge in [-0.2, -0.15) is 0 Å². The molecule has 1 unspecified atom stereocenters. The number of halogens is 2. The molecule has 2 fully saturated rings. The Labute approximate surface area is 144 Å². The molecule has 2 saturated heterocycles. The van der Waals surface area contributed by atoms with Gasteiger partial charge in [0.2, 0.25) is 5.91 Å². The van der Waals surface area contributed by atoms with Gasteiger partial charge >= 0.3 is 5.97 Å². The summed E-state index contributed by atoms with van der Waals surface area (Å²) in [7, 11) is 0. The molecule has 130 valence electrons. The molecule has 0 saturated carbocycles. The summed E-state index contributed by atoms with van der Waals surface area (Å²) in [5, 5.41) is -0.0467. The van der Waals surface area contributed by atoms with Crippen molar-refractivity contribution in [1.29, 1.82) is 0 Å². The highest BCUT2D eigenvalue weighted by atomic mass is 35.5. The number of anilines is 1. The quantitative estimate of drug-likeness (QED) is 0.776. The van der Waals surface area contributed by atoms with Crippen molar-refractivity contribution in [2.24, 2.45) is 0 Å². The second-order valence-corrected chi connectivity index (χ2v) is 6.46. The topological polar surface area (TPSA) is 59.1 Å². The summed E-state index contributed by atoms with van der Waals surface area (Å²) in [5.74, 6) is -1.56. The fourth-order valence-corrected chi connectivity index (χ4v) is 3.07. The van der Waals surface area contributed by atoms with Gasteiger partial charge in [0.15, 0.2) is 0 Å².